The maximum Gasteiger partial charge on any atom is 0.322 e. The lowest BCUT2D eigenvalue weighted by Gasteiger charge is -2.39. The van der Waals surface area contributed by atoms with Crippen LogP contribution in [-0.2, 0) is 38.2 Å². The van der Waals surface area contributed by atoms with Gasteiger partial charge in [0.1, 0.15) is 12.6 Å². The van der Waals surface area contributed by atoms with Gasteiger partial charge in [-0.05, 0) is 43.4 Å². The largest absolute Gasteiger partial charge is 0.480 e. The number of aliphatic carboxylic acids is 1. The number of carboxylic acid groups (broad SMARTS) is 1. The molecule has 3 rings (SSSR count). The number of rotatable bonds is 17. The highest BCUT2D eigenvalue weighted by Gasteiger charge is 2.53. The van der Waals surface area contributed by atoms with Crippen molar-refractivity contribution < 1.29 is 43.3 Å². The van der Waals surface area contributed by atoms with Crippen LogP contribution in [0.5, 0.6) is 0 Å². The van der Waals surface area contributed by atoms with E-state index in [1.54, 1.807) is 28.7 Å². The molecule has 0 aromatic carbocycles. The maximum absolute atomic E-state index is 13.8. The lowest BCUT2D eigenvalue weighted by Crippen LogP contribution is -2.55. The fraction of sp³-hybridized carbons (Fsp3) is 0.812. The summed E-state index contributed by atoms with van der Waals surface area (Å²) in [4.78, 5) is 80.6. The Morgan fingerprint density at radius 1 is 1.04 bits per heavy atom. The highest BCUT2D eigenvalue weighted by atomic mass is 16.5. The molecule has 2 saturated heterocycles. The minimum absolute atomic E-state index is 0.0145. The fourth-order valence-electron chi connectivity index (χ4n) is 7.98. The average molecular weight is 652 g/mol. The molecule has 1 saturated carbocycles. The van der Waals surface area contributed by atoms with Crippen molar-refractivity contribution in [3.63, 3.8) is 0 Å². The number of piperidine rings is 1. The van der Waals surface area contributed by atoms with Gasteiger partial charge in [0.05, 0.1) is 43.2 Å². The zero-order chi connectivity index (χ0) is 34.3. The number of hydrogen-bond acceptors (Lipinski definition) is 8. The molecule has 5 amide bonds. The van der Waals surface area contributed by atoms with Crippen LogP contribution in [0.1, 0.15) is 66.2 Å². The summed E-state index contributed by atoms with van der Waals surface area (Å²) in [7, 11) is 4.62. The smallest absolute Gasteiger partial charge is 0.322 e. The van der Waals surface area contributed by atoms with Crippen LogP contribution in [0.3, 0.4) is 0 Å². The molecule has 2 unspecified atom stereocenters. The highest BCUT2D eigenvalue weighted by Crippen LogP contribution is 2.46. The molecule has 2 aliphatic heterocycles. The number of amides is 5. The number of carboxylic acids is 1. The van der Waals surface area contributed by atoms with Gasteiger partial charge in [0.2, 0.25) is 30.0 Å². The lowest BCUT2D eigenvalue weighted by atomic mass is 9.90. The highest BCUT2D eigenvalue weighted by molar-refractivity contribution is 5.89. The summed E-state index contributed by atoms with van der Waals surface area (Å²) in [6, 6.07) is -1.39. The van der Waals surface area contributed by atoms with Gasteiger partial charge in [0.25, 0.3) is 0 Å². The minimum Gasteiger partial charge on any atom is -0.480 e. The second-order valence-electron chi connectivity index (χ2n) is 13.1. The van der Waals surface area contributed by atoms with Gasteiger partial charge in [-0.25, -0.2) is 0 Å². The average Bonchev–Trinajstić information content (AvgIpc) is 3.74. The number of nitrogens with zero attached hydrogens (tertiary/aromatic N) is 3. The molecule has 2 heterocycles. The van der Waals surface area contributed by atoms with Gasteiger partial charge < -0.3 is 39.9 Å². The van der Waals surface area contributed by atoms with E-state index >= 15 is 0 Å². The third-order valence-corrected chi connectivity index (χ3v) is 10.7. The third-order valence-electron chi connectivity index (χ3n) is 10.7. The van der Waals surface area contributed by atoms with Crippen LogP contribution < -0.4 is 10.6 Å². The summed E-state index contributed by atoms with van der Waals surface area (Å²) in [5, 5.41) is 14.1. The Hall–Kier alpha value is -3.26. The first kappa shape index (κ1) is 37.2. The summed E-state index contributed by atoms with van der Waals surface area (Å²) >= 11 is 0. The van der Waals surface area contributed by atoms with Crippen molar-refractivity contribution in [1.82, 2.24) is 25.3 Å². The van der Waals surface area contributed by atoms with Gasteiger partial charge in [-0.2, -0.15) is 0 Å². The zero-order valence-corrected chi connectivity index (χ0v) is 28.3. The molecular weight excluding hydrogens is 598 g/mol. The zero-order valence-electron chi connectivity index (χ0n) is 28.3. The number of likely N-dealkylation sites (N-methyl/N-ethyl adjacent to an activating group) is 1. The van der Waals surface area contributed by atoms with E-state index in [0.29, 0.717) is 25.8 Å². The number of nitrogens with one attached hydrogen (secondary N) is 2. The van der Waals surface area contributed by atoms with Crippen LogP contribution in [-0.4, -0.2) is 133 Å². The molecule has 0 aromatic heterocycles. The number of hydrogen-bond donors (Lipinski definition) is 3. The van der Waals surface area contributed by atoms with Crippen LogP contribution in [0.15, 0.2) is 0 Å². The van der Waals surface area contributed by atoms with Gasteiger partial charge in [-0.15, -0.1) is 0 Å². The van der Waals surface area contributed by atoms with Crippen LogP contribution in [0.2, 0.25) is 0 Å². The number of fused-ring (bicyclic) bond motifs is 2. The first-order valence-corrected chi connectivity index (χ1v) is 16.4. The van der Waals surface area contributed by atoms with Crippen molar-refractivity contribution in [1.29, 1.82) is 0 Å². The Labute approximate surface area is 271 Å². The Morgan fingerprint density at radius 3 is 2.33 bits per heavy atom. The van der Waals surface area contributed by atoms with Crippen molar-refractivity contribution >= 4 is 36.0 Å². The number of carbonyl (C=O) groups is 6. The van der Waals surface area contributed by atoms with E-state index in [9.17, 15) is 28.8 Å². The fourth-order valence-corrected chi connectivity index (χ4v) is 7.98. The molecule has 3 N–H and O–H groups in total. The van der Waals surface area contributed by atoms with E-state index < -0.39 is 54.7 Å². The number of carbonyl (C=O) groups excluding carboxylic acids is 5. The Balaban J connectivity index is 1.67. The second kappa shape index (κ2) is 16.5. The summed E-state index contributed by atoms with van der Waals surface area (Å²) in [6.45, 7) is 7.41. The standard InChI is InChI=1S/C32H53N5O9/c1-8-18(2)28(35(5)26(40)15-33-32(44)29-21-11-12-22(19(21)3)37(29)17-38)24(45-6)14-25(39)36-13-9-10-23(36)30(46-7)20(4)31(43)34-16-27(41)42/h17-24,28-30H,8-16H2,1-7H3,(H,33,44)(H,34,43)(H,41,42)/t18-,19-,20+,21?,22?,23-,24+,28-,29-,30+/m0/s1. The van der Waals surface area contributed by atoms with E-state index in [0.717, 1.165) is 19.3 Å². The van der Waals surface area contributed by atoms with Crippen LogP contribution >= 0.6 is 0 Å². The van der Waals surface area contributed by atoms with Crippen molar-refractivity contribution in [3.8, 4) is 0 Å². The van der Waals surface area contributed by atoms with Crippen LogP contribution in [0.25, 0.3) is 0 Å². The van der Waals surface area contributed by atoms with Crippen LogP contribution in [0.4, 0.5) is 0 Å². The SMILES string of the molecule is CC[C@H](C)[C@@H]([C@@H](CC(=O)N1CCC[C@H]1[C@H](OC)[C@@H](C)C(=O)NCC(=O)O)OC)N(C)C(=O)CNC(=O)[C@@H]1C2CCC([C@H]2C)N1C=O. The molecule has 3 aliphatic rings. The predicted molar refractivity (Wildman–Crippen MR) is 167 cm³/mol. The Kier molecular flexibility index (Phi) is 13.4. The minimum atomic E-state index is -1.15. The topological polar surface area (TPSA) is 175 Å². The van der Waals surface area contributed by atoms with E-state index in [1.807, 2.05) is 13.8 Å². The monoisotopic (exact) mass is 651 g/mol. The van der Waals surface area contributed by atoms with E-state index in [-0.39, 0.29) is 54.5 Å². The van der Waals surface area contributed by atoms with E-state index in [4.69, 9.17) is 14.6 Å². The molecule has 14 heteroatoms. The summed E-state index contributed by atoms with van der Waals surface area (Å²) in [6.07, 6.45) is 3.24. The van der Waals surface area contributed by atoms with Gasteiger partial charge in [-0.1, -0.05) is 34.1 Å². The maximum atomic E-state index is 13.8. The van der Waals surface area contributed by atoms with E-state index in [2.05, 4.69) is 17.6 Å². The molecule has 10 atom stereocenters. The lowest BCUT2D eigenvalue weighted by molar-refractivity contribution is -0.146. The Bertz CT molecular complexity index is 1120. The van der Waals surface area contributed by atoms with Gasteiger partial charge in [-0.3, -0.25) is 28.8 Å². The molecule has 46 heavy (non-hydrogen) atoms. The summed E-state index contributed by atoms with van der Waals surface area (Å²) in [5.74, 6) is -2.91. The van der Waals surface area contributed by atoms with Gasteiger partial charge >= 0.3 is 5.97 Å². The predicted octanol–water partition coefficient (Wildman–Crippen LogP) is 0.479. The van der Waals surface area contributed by atoms with Crippen molar-refractivity contribution in [2.75, 3.05) is 40.9 Å². The summed E-state index contributed by atoms with van der Waals surface area (Å²) < 4.78 is 11.5. The normalized spacial score (nSPS) is 27.0. The van der Waals surface area contributed by atoms with Crippen molar-refractivity contribution in [3.05, 3.63) is 0 Å². The van der Waals surface area contributed by atoms with Gasteiger partial charge in [0, 0.05) is 33.9 Å². The molecular formula is C32H53N5O9. The summed E-state index contributed by atoms with van der Waals surface area (Å²) in [5.41, 5.74) is 0. The van der Waals surface area contributed by atoms with Gasteiger partial charge in [0.15, 0.2) is 0 Å². The molecule has 260 valence electrons. The number of likely N-dealkylation sites (tertiary alicyclic amines) is 2. The molecule has 14 nitrogen and oxygen atoms in total. The molecule has 2 bridgehead atoms. The Morgan fingerprint density at radius 2 is 1.74 bits per heavy atom. The quantitative estimate of drug-likeness (QED) is 0.189. The number of methoxy groups -OCH3 is 2. The first-order chi connectivity index (χ1) is 21.8. The van der Waals surface area contributed by atoms with Crippen molar-refractivity contribution in [2.45, 2.75) is 103 Å². The van der Waals surface area contributed by atoms with E-state index in [1.165, 1.54) is 14.2 Å². The molecule has 1 aliphatic carbocycles. The van der Waals surface area contributed by atoms with Crippen molar-refractivity contribution in [2.24, 2.45) is 23.7 Å². The first-order valence-electron chi connectivity index (χ1n) is 16.4. The number of ether oxygens (including phenoxy) is 2. The third kappa shape index (κ3) is 7.99. The van der Waals surface area contributed by atoms with Crippen LogP contribution in [0, 0.1) is 23.7 Å². The molecule has 0 aromatic rings. The molecule has 3 fully saturated rings. The molecule has 0 spiro atoms. The second-order valence-corrected chi connectivity index (χ2v) is 13.1. The molecule has 0 radical (unpaired) electrons.